The van der Waals surface area contributed by atoms with Crippen molar-refractivity contribution in [1.29, 1.82) is 0 Å². The molecule has 0 saturated carbocycles. The summed E-state index contributed by atoms with van der Waals surface area (Å²) in [6.45, 7) is 2.05. The third-order valence-corrected chi connectivity index (χ3v) is 4.02. The zero-order valence-corrected chi connectivity index (χ0v) is 10.1. The Kier molecular flexibility index (Phi) is 2.74. The van der Waals surface area contributed by atoms with Crippen molar-refractivity contribution in [3.8, 4) is 0 Å². The van der Waals surface area contributed by atoms with E-state index in [1.54, 1.807) is 0 Å². The summed E-state index contributed by atoms with van der Waals surface area (Å²) < 4.78 is 0. The van der Waals surface area contributed by atoms with Crippen LogP contribution in [0.4, 0.5) is 0 Å². The highest BCUT2D eigenvalue weighted by Crippen LogP contribution is 2.35. The molecule has 2 aliphatic rings. The molecule has 1 aromatic carbocycles. The summed E-state index contributed by atoms with van der Waals surface area (Å²) in [6.07, 6.45) is 7.05. The van der Waals surface area contributed by atoms with Crippen LogP contribution in [0.15, 0.2) is 18.2 Å². The minimum atomic E-state index is 0.957. The summed E-state index contributed by atoms with van der Waals surface area (Å²) >= 11 is 6.52. The van der Waals surface area contributed by atoms with Crippen molar-refractivity contribution in [3.05, 3.63) is 39.9 Å². The minimum absolute atomic E-state index is 0.957. The van der Waals surface area contributed by atoms with Gasteiger partial charge in [0.1, 0.15) is 0 Å². The number of aryl methyl sites for hydroxylation is 1. The molecule has 16 heavy (non-hydrogen) atoms. The molecule has 1 aliphatic heterocycles. The third kappa shape index (κ3) is 1.68. The maximum absolute atomic E-state index is 6.52. The van der Waals surface area contributed by atoms with Gasteiger partial charge in [0.15, 0.2) is 0 Å². The predicted octanol–water partition coefficient (Wildman–Crippen LogP) is 3.21. The summed E-state index contributed by atoms with van der Waals surface area (Å²) in [5.41, 5.74) is 5.46. The molecule has 0 atom stereocenters. The molecule has 0 aromatic heterocycles. The number of hydrogen-bond donors (Lipinski definition) is 1. The van der Waals surface area contributed by atoms with E-state index in [0.29, 0.717) is 0 Å². The van der Waals surface area contributed by atoms with Gasteiger partial charge in [-0.3, -0.25) is 0 Å². The Balaban J connectivity index is 2.05. The molecule has 1 aromatic rings. The molecule has 2 heteroatoms. The maximum atomic E-state index is 6.52. The van der Waals surface area contributed by atoms with Crippen molar-refractivity contribution in [2.45, 2.75) is 25.7 Å². The van der Waals surface area contributed by atoms with Crippen molar-refractivity contribution in [2.75, 3.05) is 13.1 Å². The second kappa shape index (κ2) is 4.23. The van der Waals surface area contributed by atoms with E-state index >= 15 is 0 Å². The number of rotatable bonds is 1. The van der Waals surface area contributed by atoms with E-state index in [9.17, 15) is 0 Å². The zero-order valence-electron chi connectivity index (χ0n) is 9.35. The molecule has 0 fully saturated rings. The molecule has 1 N–H and O–H groups in total. The van der Waals surface area contributed by atoms with E-state index in [0.717, 1.165) is 31.0 Å². The van der Waals surface area contributed by atoms with Crippen LogP contribution in [-0.4, -0.2) is 13.1 Å². The fourth-order valence-corrected chi connectivity index (χ4v) is 3.12. The first-order chi connectivity index (χ1) is 7.86. The lowest BCUT2D eigenvalue weighted by molar-refractivity contribution is 0.739. The Labute approximate surface area is 102 Å². The molecule has 0 spiro atoms. The molecule has 0 bridgehead atoms. The van der Waals surface area contributed by atoms with E-state index < -0.39 is 0 Å². The summed E-state index contributed by atoms with van der Waals surface area (Å²) in [4.78, 5) is 0. The number of hydrogen-bond acceptors (Lipinski definition) is 1. The quantitative estimate of drug-likeness (QED) is 0.786. The van der Waals surface area contributed by atoms with Gasteiger partial charge in [0.2, 0.25) is 0 Å². The molecule has 0 radical (unpaired) electrons. The molecule has 84 valence electrons. The zero-order chi connectivity index (χ0) is 11.0. The largest absolute Gasteiger partial charge is 0.312 e. The highest BCUT2D eigenvalue weighted by molar-refractivity contribution is 6.33. The fourth-order valence-electron chi connectivity index (χ4n) is 2.72. The second-order valence-electron chi connectivity index (χ2n) is 4.61. The molecular formula is C14H16ClN. The van der Waals surface area contributed by atoms with Gasteiger partial charge in [0.05, 0.1) is 5.02 Å². The van der Waals surface area contributed by atoms with Crippen LogP contribution in [0.2, 0.25) is 5.02 Å². The minimum Gasteiger partial charge on any atom is -0.312 e. The fraction of sp³-hybridized carbons (Fsp3) is 0.429. The van der Waals surface area contributed by atoms with E-state index in [4.69, 9.17) is 11.6 Å². The monoisotopic (exact) mass is 233 g/mol. The smallest absolute Gasteiger partial charge is 0.0516 e. The van der Waals surface area contributed by atoms with E-state index in [1.807, 2.05) is 0 Å². The van der Waals surface area contributed by atoms with Crippen molar-refractivity contribution >= 4 is 17.2 Å². The molecule has 0 amide bonds. The van der Waals surface area contributed by atoms with Gasteiger partial charge in [0, 0.05) is 6.54 Å². The van der Waals surface area contributed by atoms with Gasteiger partial charge in [0.25, 0.3) is 0 Å². The van der Waals surface area contributed by atoms with Crippen LogP contribution in [0.25, 0.3) is 5.57 Å². The SMILES string of the molecule is Clc1c(C2=CCCNC2)ccc2c1CCC2. The van der Waals surface area contributed by atoms with Crippen LogP contribution >= 0.6 is 11.6 Å². The van der Waals surface area contributed by atoms with Crippen LogP contribution in [-0.2, 0) is 12.8 Å². The normalized spacial score (nSPS) is 19.4. The topological polar surface area (TPSA) is 12.0 Å². The van der Waals surface area contributed by atoms with E-state index in [2.05, 4.69) is 23.5 Å². The average molecular weight is 234 g/mol. The molecule has 0 unspecified atom stereocenters. The first-order valence-electron chi connectivity index (χ1n) is 6.06. The molecular weight excluding hydrogens is 218 g/mol. The first-order valence-corrected chi connectivity index (χ1v) is 6.44. The Morgan fingerprint density at radius 2 is 2.12 bits per heavy atom. The summed E-state index contributed by atoms with van der Waals surface area (Å²) in [5.74, 6) is 0. The number of halogens is 1. The molecule has 1 aliphatic carbocycles. The van der Waals surface area contributed by atoms with Gasteiger partial charge in [-0.05, 0) is 54.5 Å². The van der Waals surface area contributed by atoms with Gasteiger partial charge >= 0.3 is 0 Å². The van der Waals surface area contributed by atoms with Crippen LogP contribution in [0.3, 0.4) is 0 Å². The Morgan fingerprint density at radius 1 is 1.19 bits per heavy atom. The van der Waals surface area contributed by atoms with Gasteiger partial charge in [-0.1, -0.05) is 29.8 Å². The van der Waals surface area contributed by atoms with Crippen LogP contribution in [0.1, 0.15) is 29.5 Å². The van der Waals surface area contributed by atoms with Crippen LogP contribution < -0.4 is 5.32 Å². The van der Waals surface area contributed by atoms with Gasteiger partial charge in [-0.15, -0.1) is 0 Å². The number of benzene rings is 1. The van der Waals surface area contributed by atoms with Crippen molar-refractivity contribution in [2.24, 2.45) is 0 Å². The summed E-state index contributed by atoms with van der Waals surface area (Å²) in [7, 11) is 0. The molecule has 1 nitrogen and oxygen atoms in total. The lowest BCUT2D eigenvalue weighted by atomic mass is 9.98. The molecule has 1 heterocycles. The third-order valence-electron chi connectivity index (χ3n) is 3.59. The lowest BCUT2D eigenvalue weighted by Crippen LogP contribution is -2.21. The maximum Gasteiger partial charge on any atom is 0.0516 e. The standard InChI is InChI=1S/C14H16ClN/c15-14-12-5-1-3-10(12)6-7-13(14)11-4-2-8-16-9-11/h4,6-7,16H,1-3,5,8-9H2. The highest BCUT2D eigenvalue weighted by atomic mass is 35.5. The molecule has 3 rings (SSSR count). The van der Waals surface area contributed by atoms with Crippen LogP contribution in [0, 0.1) is 0 Å². The van der Waals surface area contributed by atoms with E-state index in [-0.39, 0.29) is 0 Å². The van der Waals surface area contributed by atoms with Crippen LogP contribution in [0.5, 0.6) is 0 Å². The van der Waals surface area contributed by atoms with Gasteiger partial charge in [-0.2, -0.15) is 0 Å². The van der Waals surface area contributed by atoms with Crippen molar-refractivity contribution in [1.82, 2.24) is 5.32 Å². The Hall–Kier alpha value is -0.790. The van der Waals surface area contributed by atoms with E-state index in [1.165, 1.54) is 35.1 Å². The Morgan fingerprint density at radius 3 is 2.94 bits per heavy atom. The summed E-state index contributed by atoms with van der Waals surface area (Å²) in [6, 6.07) is 4.46. The number of fused-ring (bicyclic) bond motifs is 1. The first kappa shape index (κ1) is 10.4. The molecule has 0 saturated heterocycles. The van der Waals surface area contributed by atoms with Crippen molar-refractivity contribution in [3.63, 3.8) is 0 Å². The average Bonchev–Trinajstić information content (AvgIpc) is 2.80. The Bertz CT molecular complexity index is 448. The predicted molar refractivity (Wildman–Crippen MR) is 68.9 cm³/mol. The van der Waals surface area contributed by atoms with Crippen molar-refractivity contribution < 1.29 is 0 Å². The second-order valence-corrected chi connectivity index (χ2v) is 4.99. The van der Waals surface area contributed by atoms with Gasteiger partial charge in [-0.25, -0.2) is 0 Å². The lowest BCUT2D eigenvalue weighted by Gasteiger charge is -2.17. The summed E-state index contributed by atoms with van der Waals surface area (Å²) in [5, 5.41) is 4.41. The number of nitrogens with one attached hydrogen (secondary N) is 1. The van der Waals surface area contributed by atoms with Gasteiger partial charge < -0.3 is 5.32 Å². The highest BCUT2D eigenvalue weighted by Gasteiger charge is 2.18.